The topological polar surface area (TPSA) is 70.5 Å². The molecule has 0 spiro atoms. The van der Waals surface area contributed by atoms with E-state index in [4.69, 9.17) is 11.6 Å². The maximum Gasteiger partial charge on any atom is 0.435 e. The summed E-state index contributed by atoms with van der Waals surface area (Å²) in [5.74, 6) is -0.348. The van der Waals surface area contributed by atoms with Gasteiger partial charge in [0.2, 0.25) is 5.91 Å². The summed E-state index contributed by atoms with van der Waals surface area (Å²) in [6.45, 7) is 1.17. The number of nitrogens with zero attached hydrogens (tertiary/aromatic N) is 4. The van der Waals surface area contributed by atoms with Gasteiger partial charge in [0, 0.05) is 43.1 Å². The Morgan fingerprint density at radius 2 is 1.83 bits per heavy atom. The number of anilines is 1. The smallest absolute Gasteiger partial charge is 0.339 e. The molecule has 0 atom stereocenters. The minimum atomic E-state index is -4.55. The fourth-order valence-corrected chi connectivity index (χ4v) is 3.17. The summed E-state index contributed by atoms with van der Waals surface area (Å²) in [7, 11) is 0. The number of amides is 3. The van der Waals surface area contributed by atoms with Crippen molar-refractivity contribution in [3.8, 4) is 0 Å². The third-order valence-corrected chi connectivity index (χ3v) is 4.68. The fourth-order valence-electron chi connectivity index (χ4n) is 2.98. The predicted molar refractivity (Wildman–Crippen MR) is 100 cm³/mol. The lowest BCUT2D eigenvalue weighted by Crippen LogP contribution is -2.40. The number of aromatic nitrogens is 2. The molecule has 7 nitrogen and oxygen atoms in total. The van der Waals surface area contributed by atoms with Crippen LogP contribution in [0, 0.1) is 0 Å². The second kappa shape index (κ2) is 8.73. The van der Waals surface area contributed by atoms with Gasteiger partial charge < -0.3 is 15.1 Å². The van der Waals surface area contributed by atoms with Crippen molar-refractivity contribution in [3.63, 3.8) is 0 Å². The number of hydrogen-bond donors (Lipinski definition) is 1. The van der Waals surface area contributed by atoms with Crippen molar-refractivity contribution >= 4 is 29.2 Å². The van der Waals surface area contributed by atoms with Gasteiger partial charge in [-0.05, 0) is 30.7 Å². The number of alkyl halides is 3. The molecule has 1 aromatic carbocycles. The average molecular weight is 430 g/mol. The summed E-state index contributed by atoms with van der Waals surface area (Å²) < 4.78 is 38.8. The summed E-state index contributed by atoms with van der Waals surface area (Å²) in [6, 6.07) is 7.30. The van der Waals surface area contributed by atoms with Crippen molar-refractivity contribution in [1.82, 2.24) is 19.6 Å². The molecule has 29 heavy (non-hydrogen) atoms. The molecule has 1 fully saturated rings. The maximum atomic E-state index is 12.6. The highest BCUT2D eigenvalue weighted by molar-refractivity contribution is 6.30. The molecule has 1 aliphatic rings. The Morgan fingerprint density at radius 3 is 2.52 bits per heavy atom. The number of halogens is 4. The van der Waals surface area contributed by atoms with Crippen LogP contribution in [0.2, 0.25) is 5.02 Å². The number of urea groups is 1. The Hall–Kier alpha value is -2.75. The second-order valence-corrected chi connectivity index (χ2v) is 6.99. The molecule has 0 saturated carbocycles. The molecule has 3 rings (SSSR count). The monoisotopic (exact) mass is 429 g/mol. The maximum absolute atomic E-state index is 12.6. The van der Waals surface area contributed by atoms with Gasteiger partial charge in [-0.25, -0.2) is 4.79 Å². The molecule has 0 radical (unpaired) electrons. The molecule has 11 heteroatoms. The lowest BCUT2D eigenvalue weighted by Gasteiger charge is -2.22. The highest BCUT2D eigenvalue weighted by atomic mass is 35.5. The summed E-state index contributed by atoms with van der Waals surface area (Å²) in [6.07, 6.45) is -2.86. The zero-order valence-electron chi connectivity index (χ0n) is 15.3. The van der Waals surface area contributed by atoms with E-state index >= 15 is 0 Å². The average Bonchev–Trinajstić information content (AvgIpc) is 2.97. The van der Waals surface area contributed by atoms with E-state index in [0.717, 1.165) is 16.9 Å². The van der Waals surface area contributed by atoms with Crippen molar-refractivity contribution in [1.29, 1.82) is 0 Å². The van der Waals surface area contributed by atoms with E-state index < -0.39 is 11.9 Å². The van der Waals surface area contributed by atoms with Crippen LogP contribution in [0.3, 0.4) is 0 Å². The number of carbonyl (C=O) groups excluding carboxylic acids is 2. The molecular weight excluding hydrogens is 411 g/mol. The predicted octanol–water partition coefficient (Wildman–Crippen LogP) is 3.32. The van der Waals surface area contributed by atoms with Gasteiger partial charge in [0.15, 0.2) is 5.69 Å². The van der Waals surface area contributed by atoms with Gasteiger partial charge in [-0.3, -0.25) is 9.48 Å². The van der Waals surface area contributed by atoms with Crippen molar-refractivity contribution < 1.29 is 22.8 Å². The number of benzene rings is 1. The van der Waals surface area contributed by atoms with Gasteiger partial charge in [0.05, 0.1) is 0 Å². The van der Waals surface area contributed by atoms with Crippen LogP contribution in [0.25, 0.3) is 0 Å². The Labute approximate surface area is 170 Å². The zero-order valence-corrected chi connectivity index (χ0v) is 16.1. The minimum Gasteiger partial charge on any atom is -0.339 e. The lowest BCUT2D eigenvalue weighted by atomic mass is 10.3. The van der Waals surface area contributed by atoms with Gasteiger partial charge in [0.25, 0.3) is 0 Å². The van der Waals surface area contributed by atoms with E-state index in [1.165, 1.54) is 4.90 Å². The van der Waals surface area contributed by atoms with Gasteiger partial charge >= 0.3 is 12.2 Å². The van der Waals surface area contributed by atoms with E-state index in [-0.39, 0.29) is 25.0 Å². The van der Waals surface area contributed by atoms with Crippen LogP contribution in [0.5, 0.6) is 0 Å². The first-order valence-electron chi connectivity index (χ1n) is 8.92. The first-order chi connectivity index (χ1) is 13.7. The van der Waals surface area contributed by atoms with Gasteiger partial charge in [0.1, 0.15) is 6.54 Å². The van der Waals surface area contributed by atoms with Crippen molar-refractivity contribution in [3.05, 3.63) is 47.2 Å². The lowest BCUT2D eigenvalue weighted by molar-refractivity contribution is -0.142. The molecule has 2 aromatic rings. The third kappa shape index (κ3) is 5.63. The molecule has 3 amide bonds. The second-order valence-electron chi connectivity index (χ2n) is 6.56. The Morgan fingerprint density at radius 1 is 1.10 bits per heavy atom. The third-order valence-electron chi connectivity index (χ3n) is 4.44. The van der Waals surface area contributed by atoms with Crippen LogP contribution < -0.4 is 5.32 Å². The first-order valence-corrected chi connectivity index (χ1v) is 9.30. The standard InChI is InChI=1S/C18H19ClF3N5O2/c19-13-3-1-4-14(11-13)23-17(29)26-7-2-6-25(9-10-26)16(28)12-27-8-5-15(24-27)18(20,21)22/h1,3-5,8,11H,2,6-7,9-10,12H2,(H,23,29). The Bertz CT molecular complexity index is 886. The van der Waals surface area contributed by atoms with Crippen LogP contribution in [-0.4, -0.2) is 57.7 Å². The number of nitrogens with one attached hydrogen (secondary N) is 1. The molecule has 156 valence electrons. The van der Waals surface area contributed by atoms with Crippen LogP contribution >= 0.6 is 11.6 Å². The summed E-state index contributed by atoms with van der Waals surface area (Å²) in [5, 5.41) is 6.66. The van der Waals surface area contributed by atoms with Crippen LogP contribution in [0.15, 0.2) is 36.5 Å². The van der Waals surface area contributed by atoms with Crippen LogP contribution in [0.1, 0.15) is 12.1 Å². The summed E-state index contributed by atoms with van der Waals surface area (Å²) in [5.41, 5.74) is -0.469. The highest BCUT2D eigenvalue weighted by Gasteiger charge is 2.33. The Kier molecular flexibility index (Phi) is 6.31. The van der Waals surface area contributed by atoms with Gasteiger partial charge in [-0.2, -0.15) is 18.3 Å². The highest BCUT2D eigenvalue weighted by Crippen LogP contribution is 2.27. The molecule has 1 aliphatic heterocycles. The molecule has 0 unspecified atom stereocenters. The number of rotatable bonds is 3. The van der Waals surface area contributed by atoms with Gasteiger partial charge in [-0.15, -0.1) is 0 Å². The molecular formula is C18H19ClF3N5O2. The Balaban J connectivity index is 1.54. The summed E-state index contributed by atoms with van der Waals surface area (Å²) in [4.78, 5) is 28.0. The molecule has 1 N–H and O–H groups in total. The quantitative estimate of drug-likeness (QED) is 0.813. The summed E-state index contributed by atoms with van der Waals surface area (Å²) >= 11 is 5.91. The zero-order chi connectivity index (χ0) is 21.0. The fraction of sp³-hybridized carbons (Fsp3) is 0.389. The SMILES string of the molecule is O=C(Cn1ccc(C(F)(F)F)n1)N1CCCN(C(=O)Nc2cccc(Cl)c2)CC1. The molecule has 1 aromatic heterocycles. The molecule has 0 aliphatic carbocycles. The van der Waals surface area contributed by atoms with E-state index in [1.807, 2.05) is 0 Å². The molecule has 2 heterocycles. The molecule has 0 bridgehead atoms. The van der Waals surface area contributed by atoms with E-state index in [0.29, 0.717) is 36.8 Å². The van der Waals surface area contributed by atoms with Crippen molar-refractivity contribution in [2.45, 2.75) is 19.1 Å². The first kappa shape index (κ1) is 21.0. The largest absolute Gasteiger partial charge is 0.435 e. The number of carbonyl (C=O) groups is 2. The normalized spacial score (nSPS) is 15.2. The van der Waals surface area contributed by atoms with Crippen LogP contribution in [0.4, 0.5) is 23.7 Å². The van der Waals surface area contributed by atoms with E-state index in [9.17, 15) is 22.8 Å². The van der Waals surface area contributed by atoms with Crippen LogP contribution in [-0.2, 0) is 17.5 Å². The minimum absolute atomic E-state index is 0.287. The van der Waals surface area contributed by atoms with E-state index in [2.05, 4.69) is 10.4 Å². The van der Waals surface area contributed by atoms with E-state index in [1.54, 1.807) is 29.2 Å². The van der Waals surface area contributed by atoms with Gasteiger partial charge in [-0.1, -0.05) is 17.7 Å². The van der Waals surface area contributed by atoms with Crippen molar-refractivity contribution in [2.24, 2.45) is 0 Å². The van der Waals surface area contributed by atoms with Crippen molar-refractivity contribution in [2.75, 3.05) is 31.5 Å². The number of hydrogen-bond acceptors (Lipinski definition) is 3. The molecule has 1 saturated heterocycles.